The molecule has 0 radical (unpaired) electrons. The second kappa shape index (κ2) is 4.99. The fourth-order valence-corrected chi connectivity index (χ4v) is 2.85. The predicted octanol–water partition coefficient (Wildman–Crippen LogP) is 3.15. The van der Waals surface area contributed by atoms with E-state index >= 15 is 0 Å². The van der Waals surface area contributed by atoms with E-state index in [1.165, 1.54) is 0 Å². The van der Waals surface area contributed by atoms with Crippen LogP contribution in [0.25, 0.3) is 33.1 Å². The topological polar surface area (TPSA) is 129 Å². The van der Waals surface area contributed by atoms with Crippen molar-refractivity contribution in [2.75, 3.05) is 0 Å². The van der Waals surface area contributed by atoms with E-state index in [4.69, 9.17) is 26.7 Å². The highest BCUT2D eigenvalue weighted by Gasteiger charge is 2.13. The number of amidine groups is 2. The molecule has 118 valence electrons. The number of aromatic nitrogens is 1. The smallest absolute Gasteiger partial charge is 0.157 e. The van der Waals surface area contributed by atoms with Gasteiger partial charge in [0.25, 0.3) is 0 Å². The number of hydrogen-bond donors (Lipinski definition) is 5. The molecule has 4 aromatic rings. The molecule has 7 N–H and O–H groups in total. The number of hydrogen-bond acceptors (Lipinski definition) is 3. The molecule has 0 saturated carbocycles. The van der Waals surface area contributed by atoms with E-state index in [2.05, 4.69) is 4.98 Å². The van der Waals surface area contributed by atoms with Crippen molar-refractivity contribution in [3.8, 4) is 11.5 Å². The van der Waals surface area contributed by atoms with Gasteiger partial charge in [-0.1, -0.05) is 6.07 Å². The maximum absolute atomic E-state index is 7.54. The summed E-state index contributed by atoms with van der Waals surface area (Å²) in [4.78, 5) is 3.32. The van der Waals surface area contributed by atoms with Crippen molar-refractivity contribution in [2.24, 2.45) is 11.5 Å². The largest absolute Gasteiger partial charge is 0.462 e. The number of furan rings is 1. The van der Waals surface area contributed by atoms with E-state index in [-0.39, 0.29) is 11.7 Å². The van der Waals surface area contributed by atoms with Gasteiger partial charge in [-0.05, 0) is 36.4 Å². The number of aromatic amines is 1. The Morgan fingerprint density at radius 1 is 0.875 bits per heavy atom. The van der Waals surface area contributed by atoms with Crippen LogP contribution in [0.15, 0.2) is 53.1 Å². The number of nitrogens with two attached hydrogens (primary N) is 2. The van der Waals surface area contributed by atoms with E-state index in [0.717, 1.165) is 33.1 Å². The van der Waals surface area contributed by atoms with Crippen LogP contribution in [0.1, 0.15) is 11.1 Å². The van der Waals surface area contributed by atoms with Crippen molar-refractivity contribution < 1.29 is 4.42 Å². The molecule has 0 saturated heterocycles. The minimum absolute atomic E-state index is 0.0297. The molecule has 6 nitrogen and oxygen atoms in total. The Balaban J connectivity index is 1.86. The monoisotopic (exact) mass is 317 g/mol. The lowest BCUT2D eigenvalue weighted by molar-refractivity contribution is 0.585. The van der Waals surface area contributed by atoms with Gasteiger partial charge in [0.2, 0.25) is 0 Å². The summed E-state index contributed by atoms with van der Waals surface area (Å²) in [6, 6.07) is 13.1. The fourth-order valence-electron chi connectivity index (χ4n) is 2.85. The Hall–Kier alpha value is -3.54. The summed E-state index contributed by atoms with van der Waals surface area (Å²) in [7, 11) is 0. The van der Waals surface area contributed by atoms with Crippen LogP contribution in [-0.2, 0) is 0 Å². The molecule has 6 heteroatoms. The normalized spacial score (nSPS) is 11.2. The highest BCUT2D eigenvalue weighted by atomic mass is 16.3. The maximum atomic E-state index is 7.54. The van der Waals surface area contributed by atoms with Gasteiger partial charge in [0, 0.05) is 32.8 Å². The molecule has 2 aromatic heterocycles. The maximum Gasteiger partial charge on any atom is 0.157 e. The second-order valence-electron chi connectivity index (χ2n) is 5.68. The summed E-state index contributed by atoms with van der Waals surface area (Å²) < 4.78 is 5.73. The SMILES string of the molecule is N=C(N)c1ccc2[nH]c(-c3occ4cc(C(=N)N)ccc34)cc2c1. The van der Waals surface area contributed by atoms with E-state index in [1.54, 1.807) is 12.3 Å². The first kappa shape index (κ1) is 14.1. The average Bonchev–Trinajstić information content (AvgIpc) is 3.16. The molecule has 0 aliphatic rings. The van der Waals surface area contributed by atoms with Crippen molar-refractivity contribution >= 4 is 33.3 Å². The van der Waals surface area contributed by atoms with Gasteiger partial charge in [-0.25, -0.2) is 0 Å². The van der Waals surface area contributed by atoms with Gasteiger partial charge in [0.15, 0.2) is 5.76 Å². The second-order valence-corrected chi connectivity index (χ2v) is 5.68. The highest BCUT2D eigenvalue weighted by molar-refractivity contribution is 6.03. The van der Waals surface area contributed by atoms with Crippen LogP contribution in [-0.4, -0.2) is 16.7 Å². The first-order valence-corrected chi connectivity index (χ1v) is 7.36. The van der Waals surface area contributed by atoms with Crippen LogP contribution in [0.5, 0.6) is 0 Å². The first-order valence-electron chi connectivity index (χ1n) is 7.36. The molecule has 0 unspecified atom stereocenters. The lowest BCUT2D eigenvalue weighted by atomic mass is 10.1. The Bertz CT molecular complexity index is 1120. The van der Waals surface area contributed by atoms with Crippen molar-refractivity contribution in [1.29, 1.82) is 10.8 Å². The van der Waals surface area contributed by atoms with Crippen LogP contribution in [0.3, 0.4) is 0 Å². The molecule has 4 rings (SSSR count). The molecule has 24 heavy (non-hydrogen) atoms. The summed E-state index contributed by atoms with van der Waals surface area (Å²) in [5.74, 6) is 0.794. The van der Waals surface area contributed by atoms with Gasteiger partial charge in [0.1, 0.15) is 11.7 Å². The molecular formula is C18H15N5O. The van der Waals surface area contributed by atoms with Gasteiger partial charge < -0.3 is 20.9 Å². The van der Waals surface area contributed by atoms with Gasteiger partial charge in [-0.2, -0.15) is 0 Å². The third-order valence-electron chi connectivity index (χ3n) is 4.09. The molecule has 0 spiro atoms. The van der Waals surface area contributed by atoms with Crippen molar-refractivity contribution in [3.05, 3.63) is 59.9 Å². The number of rotatable bonds is 3. The van der Waals surface area contributed by atoms with Crippen LogP contribution >= 0.6 is 0 Å². The lowest BCUT2D eigenvalue weighted by Crippen LogP contribution is -2.10. The predicted molar refractivity (Wildman–Crippen MR) is 95.5 cm³/mol. The Kier molecular flexibility index (Phi) is 2.93. The van der Waals surface area contributed by atoms with Crippen molar-refractivity contribution in [1.82, 2.24) is 4.98 Å². The summed E-state index contributed by atoms with van der Waals surface area (Å²) in [5, 5.41) is 17.9. The van der Waals surface area contributed by atoms with Gasteiger partial charge in [-0.3, -0.25) is 10.8 Å². The van der Waals surface area contributed by atoms with E-state index in [1.807, 2.05) is 36.4 Å². The van der Waals surface area contributed by atoms with Gasteiger partial charge in [0.05, 0.1) is 12.0 Å². The van der Waals surface area contributed by atoms with Crippen LogP contribution < -0.4 is 11.5 Å². The summed E-state index contributed by atoms with van der Waals surface area (Å²) in [6.45, 7) is 0. The molecule has 0 aliphatic heterocycles. The minimum Gasteiger partial charge on any atom is -0.462 e. The van der Waals surface area contributed by atoms with Crippen molar-refractivity contribution in [2.45, 2.75) is 0 Å². The minimum atomic E-state index is 0.0297. The highest BCUT2D eigenvalue weighted by Crippen LogP contribution is 2.32. The number of H-pyrrole nitrogens is 1. The third-order valence-corrected chi connectivity index (χ3v) is 4.09. The molecule has 0 amide bonds. The molecular weight excluding hydrogens is 302 g/mol. The first-order chi connectivity index (χ1) is 11.5. The molecule has 2 heterocycles. The molecule has 0 bridgehead atoms. The van der Waals surface area contributed by atoms with Crippen LogP contribution in [0.2, 0.25) is 0 Å². The average molecular weight is 317 g/mol. The lowest BCUT2D eigenvalue weighted by Gasteiger charge is -1.98. The molecule has 0 aliphatic carbocycles. The zero-order valence-corrected chi connectivity index (χ0v) is 12.7. The van der Waals surface area contributed by atoms with Gasteiger partial charge in [-0.15, -0.1) is 0 Å². The molecule has 2 aromatic carbocycles. The number of benzene rings is 2. The van der Waals surface area contributed by atoms with Crippen LogP contribution in [0, 0.1) is 10.8 Å². The number of fused-ring (bicyclic) bond motifs is 2. The summed E-state index contributed by atoms with van der Waals surface area (Å²) in [6.07, 6.45) is 1.66. The molecule has 0 atom stereocenters. The molecule has 0 fully saturated rings. The zero-order valence-electron chi connectivity index (χ0n) is 12.7. The Morgan fingerprint density at radius 2 is 1.54 bits per heavy atom. The number of nitrogens with one attached hydrogen (secondary N) is 3. The Morgan fingerprint density at radius 3 is 2.25 bits per heavy atom. The quantitative estimate of drug-likeness (QED) is 0.294. The van der Waals surface area contributed by atoms with E-state index < -0.39 is 0 Å². The Labute approximate surface area is 137 Å². The zero-order chi connectivity index (χ0) is 16.8. The van der Waals surface area contributed by atoms with Crippen LogP contribution in [0.4, 0.5) is 0 Å². The van der Waals surface area contributed by atoms with Gasteiger partial charge >= 0.3 is 0 Å². The summed E-state index contributed by atoms with van der Waals surface area (Å²) >= 11 is 0. The number of nitrogen functional groups attached to an aromatic ring is 2. The summed E-state index contributed by atoms with van der Waals surface area (Å²) in [5.41, 5.74) is 14.2. The third kappa shape index (κ3) is 2.13. The van der Waals surface area contributed by atoms with E-state index in [0.29, 0.717) is 11.1 Å². The standard InChI is InChI=1S/C18H15N5O/c19-17(20)9-1-3-13-12(6-9)8-24-16(13)15-7-11-5-10(18(21)22)2-4-14(11)23-15/h1-8,23H,(H3,19,20)(H3,21,22). The van der Waals surface area contributed by atoms with E-state index in [9.17, 15) is 0 Å². The van der Waals surface area contributed by atoms with Crippen molar-refractivity contribution in [3.63, 3.8) is 0 Å². The fraction of sp³-hybridized carbons (Fsp3) is 0.